The molecule has 0 aromatic rings. The van der Waals surface area contributed by atoms with Gasteiger partial charge in [0, 0.05) is 6.61 Å². The first-order valence-electron chi connectivity index (χ1n) is 5.07. The molecule has 0 atom stereocenters. The van der Waals surface area contributed by atoms with Crippen LogP contribution in [0.1, 0.15) is 33.1 Å². The van der Waals surface area contributed by atoms with E-state index in [-0.39, 0.29) is 0 Å². The molecular formula is C10H22OSi. The summed E-state index contributed by atoms with van der Waals surface area (Å²) in [5.41, 5.74) is 0. The van der Waals surface area contributed by atoms with Gasteiger partial charge in [0.1, 0.15) is 0 Å². The predicted octanol–water partition coefficient (Wildman–Crippen LogP) is 3.12. The van der Waals surface area contributed by atoms with Crippen molar-refractivity contribution in [2.75, 3.05) is 6.61 Å². The summed E-state index contributed by atoms with van der Waals surface area (Å²) in [6.07, 6.45) is 5.51. The fourth-order valence-corrected chi connectivity index (χ4v) is 3.65. The minimum absolute atomic E-state index is 0.813. The molecule has 0 amide bonds. The van der Waals surface area contributed by atoms with Gasteiger partial charge in [-0.15, -0.1) is 6.58 Å². The smallest absolute Gasteiger partial charge is 0.176 e. The molecule has 2 heteroatoms. The third kappa shape index (κ3) is 6.62. The minimum Gasteiger partial charge on any atom is -0.420 e. The standard InChI is InChI=1S/C10H22OSi/c1-4-7-8-11-12(9-5-2)10-6-3/h4,12H,1,5-10H2,2-3H3. The molecule has 0 radical (unpaired) electrons. The first-order valence-corrected chi connectivity index (χ1v) is 7.18. The van der Waals surface area contributed by atoms with Crippen LogP contribution in [0.5, 0.6) is 0 Å². The maximum absolute atomic E-state index is 5.83. The van der Waals surface area contributed by atoms with Gasteiger partial charge in [0.15, 0.2) is 9.04 Å². The second-order valence-electron chi connectivity index (χ2n) is 3.15. The van der Waals surface area contributed by atoms with Gasteiger partial charge >= 0.3 is 0 Å². The maximum Gasteiger partial charge on any atom is 0.176 e. The highest BCUT2D eigenvalue weighted by atomic mass is 28.3. The molecule has 72 valence electrons. The fourth-order valence-electron chi connectivity index (χ4n) is 1.27. The van der Waals surface area contributed by atoms with E-state index in [1.54, 1.807) is 0 Å². The Morgan fingerprint density at radius 1 is 1.25 bits per heavy atom. The van der Waals surface area contributed by atoms with Crippen LogP contribution < -0.4 is 0 Å². The van der Waals surface area contributed by atoms with E-state index in [0.29, 0.717) is 0 Å². The van der Waals surface area contributed by atoms with E-state index in [4.69, 9.17) is 4.43 Å². The van der Waals surface area contributed by atoms with E-state index in [2.05, 4.69) is 20.4 Å². The Kier molecular flexibility index (Phi) is 8.95. The molecule has 0 aromatic carbocycles. The summed E-state index contributed by atoms with van der Waals surface area (Å²) in [6, 6.07) is 2.68. The highest BCUT2D eigenvalue weighted by Crippen LogP contribution is 2.07. The average molecular weight is 186 g/mol. The van der Waals surface area contributed by atoms with Crippen molar-refractivity contribution in [2.24, 2.45) is 0 Å². The predicted molar refractivity (Wildman–Crippen MR) is 58.1 cm³/mol. The molecule has 0 rings (SSSR count). The molecule has 0 N–H and O–H groups in total. The lowest BCUT2D eigenvalue weighted by molar-refractivity contribution is 0.324. The third-order valence-corrected chi connectivity index (χ3v) is 5.05. The molecule has 0 heterocycles. The van der Waals surface area contributed by atoms with Crippen molar-refractivity contribution in [3.8, 4) is 0 Å². The van der Waals surface area contributed by atoms with E-state index in [1.165, 1.54) is 24.9 Å². The van der Waals surface area contributed by atoms with Crippen LogP contribution in [0.4, 0.5) is 0 Å². The van der Waals surface area contributed by atoms with Gasteiger partial charge in [-0.2, -0.15) is 0 Å². The SMILES string of the molecule is C=CCCO[SiH](CCC)CCC. The molecule has 0 unspecified atom stereocenters. The van der Waals surface area contributed by atoms with Crippen LogP contribution in [-0.2, 0) is 4.43 Å². The van der Waals surface area contributed by atoms with Crippen LogP contribution >= 0.6 is 0 Å². The first kappa shape index (κ1) is 11.9. The average Bonchev–Trinajstić information content (AvgIpc) is 2.06. The number of hydrogen-bond acceptors (Lipinski definition) is 1. The molecule has 0 bridgehead atoms. The van der Waals surface area contributed by atoms with Gasteiger partial charge in [-0.25, -0.2) is 0 Å². The first-order chi connectivity index (χ1) is 5.85. The van der Waals surface area contributed by atoms with Gasteiger partial charge in [-0.3, -0.25) is 0 Å². The molecule has 0 aliphatic carbocycles. The van der Waals surface area contributed by atoms with E-state index < -0.39 is 9.04 Å². The van der Waals surface area contributed by atoms with Gasteiger partial charge in [0.2, 0.25) is 0 Å². The van der Waals surface area contributed by atoms with Gasteiger partial charge < -0.3 is 4.43 Å². The van der Waals surface area contributed by atoms with Crippen LogP contribution in [0.15, 0.2) is 12.7 Å². The monoisotopic (exact) mass is 186 g/mol. The molecule has 0 spiro atoms. The largest absolute Gasteiger partial charge is 0.420 e. The normalized spacial score (nSPS) is 10.6. The zero-order valence-electron chi connectivity index (χ0n) is 8.51. The van der Waals surface area contributed by atoms with E-state index in [1.807, 2.05) is 6.08 Å². The Balaban J connectivity index is 3.40. The van der Waals surface area contributed by atoms with Crippen LogP contribution in [-0.4, -0.2) is 15.6 Å². The van der Waals surface area contributed by atoms with E-state index in [9.17, 15) is 0 Å². The Labute approximate surface area is 78.5 Å². The molecule has 0 fully saturated rings. The minimum atomic E-state index is -0.813. The molecule has 0 saturated carbocycles. The molecule has 1 nitrogen and oxygen atoms in total. The summed E-state index contributed by atoms with van der Waals surface area (Å²) < 4.78 is 5.83. The van der Waals surface area contributed by atoms with Crippen LogP contribution in [0, 0.1) is 0 Å². The highest BCUT2D eigenvalue weighted by molar-refractivity contribution is 6.51. The Hall–Kier alpha value is -0.0831. The van der Waals surface area contributed by atoms with Crippen molar-refractivity contribution < 1.29 is 4.43 Å². The number of rotatable bonds is 8. The second kappa shape index (κ2) is 9.01. The lowest BCUT2D eigenvalue weighted by atomic mass is 10.5. The molecule has 0 aliphatic heterocycles. The van der Waals surface area contributed by atoms with Gasteiger partial charge in [-0.1, -0.05) is 32.8 Å². The maximum atomic E-state index is 5.83. The summed E-state index contributed by atoms with van der Waals surface area (Å²) in [4.78, 5) is 0. The van der Waals surface area contributed by atoms with Crippen molar-refractivity contribution >= 4 is 9.04 Å². The van der Waals surface area contributed by atoms with E-state index >= 15 is 0 Å². The van der Waals surface area contributed by atoms with E-state index in [0.717, 1.165) is 13.0 Å². The molecule has 0 saturated heterocycles. The zero-order valence-corrected chi connectivity index (χ0v) is 9.67. The third-order valence-electron chi connectivity index (χ3n) is 1.90. The molecular weight excluding hydrogens is 164 g/mol. The van der Waals surface area contributed by atoms with Gasteiger partial charge in [0.05, 0.1) is 0 Å². The summed E-state index contributed by atoms with van der Waals surface area (Å²) in [7, 11) is -0.813. The van der Waals surface area contributed by atoms with Crippen molar-refractivity contribution in [2.45, 2.75) is 45.2 Å². The van der Waals surface area contributed by atoms with Crippen LogP contribution in [0.25, 0.3) is 0 Å². The van der Waals surface area contributed by atoms with Crippen LogP contribution in [0.3, 0.4) is 0 Å². The summed E-state index contributed by atoms with van der Waals surface area (Å²) in [5, 5.41) is 0. The second-order valence-corrected chi connectivity index (χ2v) is 5.88. The quantitative estimate of drug-likeness (QED) is 0.321. The van der Waals surface area contributed by atoms with Crippen molar-refractivity contribution in [1.82, 2.24) is 0 Å². The van der Waals surface area contributed by atoms with Crippen molar-refractivity contribution in [1.29, 1.82) is 0 Å². The summed E-state index contributed by atoms with van der Waals surface area (Å²) in [5.74, 6) is 0. The fraction of sp³-hybridized carbons (Fsp3) is 0.800. The van der Waals surface area contributed by atoms with Gasteiger partial charge in [-0.05, 0) is 18.5 Å². The highest BCUT2D eigenvalue weighted by Gasteiger charge is 2.08. The van der Waals surface area contributed by atoms with Crippen molar-refractivity contribution in [3.05, 3.63) is 12.7 Å². The topological polar surface area (TPSA) is 9.23 Å². The zero-order chi connectivity index (χ0) is 9.23. The Bertz CT molecular complexity index is 98.0. The molecule has 12 heavy (non-hydrogen) atoms. The Morgan fingerprint density at radius 3 is 2.25 bits per heavy atom. The lowest BCUT2D eigenvalue weighted by Gasteiger charge is -2.13. The van der Waals surface area contributed by atoms with Gasteiger partial charge in [0.25, 0.3) is 0 Å². The summed E-state index contributed by atoms with van der Waals surface area (Å²) in [6.45, 7) is 9.07. The number of hydrogen-bond donors (Lipinski definition) is 0. The molecule has 0 aliphatic rings. The Morgan fingerprint density at radius 2 is 1.83 bits per heavy atom. The lowest BCUT2D eigenvalue weighted by Crippen LogP contribution is -2.17. The van der Waals surface area contributed by atoms with Crippen LogP contribution in [0.2, 0.25) is 12.1 Å². The van der Waals surface area contributed by atoms with Crippen molar-refractivity contribution in [3.63, 3.8) is 0 Å². The molecule has 0 aromatic heterocycles. The summed E-state index contributed by atoms with van der Waals surface area (Å²) >= 11 is 0.